The first-order valence-electron chi connectivity index (χ1n) is 5.33. The largest absolute Gasteiger partial charge is 0.381 e. The van der Waals surface area contributed by atoms with Gasteiger partial charge < -0.3 is 10.5 Å². The molecule has 0 radical (unpaired) electrons. The van der Waals surface area contributed by atoms with Crippen LogP contribution in [0, 0.1) is 0 Å². The average Bonchev–Trinajstić information content (AvgIpc) is 2.18. The lowest BCUT2D eigenvalue weighted by atomic mass is 10.3. The number of nitrogen functional groups attached to an aromatic ring is 1. The molecule has 0 bridgehead atoms. The third kappa shape index (κ3) is 4.20. The lowest BCUT2D eigenvalue weighted by molar-refractivity contribution is 0.149. The fourth-order valence-corrected chi connectivity index (χ4v) is 1.24. The Labute approximate surface area is 90.1 Å². The highest BCUT2D eigenvalue weighted by atomic mass is 16.5. The Morgan fingerprint density at radius 2 is 1.73 bits per heavy atom. The molecule has 0 aliphatic carbocycles. The summed E-state index contributed by atoms with van der Waals surface area (Å²) in [5, 5.41) is 0. The van der Waals surface area contributed by atoms with Gasteiger partial charge in [-0.3, -0.25) is 0 Å². The van der Waals surface area contributed by atoms with Gasteiger partial charge in [0.05, 0.1) is 6.61 Å². The third-order valence-electron chi connectivity index (χ3n) is 1.89. The number of hydrogen-bond acceptors (Lipinski definition) is 5. The van der Waals surface area contributed by atoms with Crippen LogP contribution in [0.5, 0.6) is 0 Å². The van der Waals surface area contributed by atoms with E-state index >= 15 is 0 Å². The molecule has 1 rings (SSSR count). The van der Waals surface area contributed by atoms with E-state index in [1.165, 1.54) is 0 Å². The predicted molar refractivity (Wildman–Crippen MR) is 58.4 cm³/mol. The lowest BCUT2D eigenvalue weighted by Gasteiger charge is -2.04. The first kappa shape index (κ1) is 11.8. The molecule has 0 atom stereocenters. The molecule has 2 N–H and O–H groups in total. The fourth-order valence-electron chi connectivity index (χ4n) is 1.24. The van der Waals surface area contributed by atoms with Gasteiger partial charge in [0.2, 0.25) is 5.95 Å². The Balaban J connectivity index is 2.62. The highest BCUT2D eigenvalue weighted by Crippen LogP contribution is 2.01. The van der Waals surface area contributed by atoms with Crippen molar-refractivity contribution < 1.29 is 4.74 Å². The van der Waals surface area contributed by atoms with E-state index < -0.39 is 0 Å². The number of rotatable bonds is 6. The summed E-state index contributed by atoms with van der Waals surface area (Å²) in [5.41, 5.74) is 5.59. The fraction of sp³-hybridized carbons (Fsp3) is 0.700. The molecule has 5 heteroatoms. The van der Waals surface area contributed by atoms with Crippen LogP contribution >= 0.6 is 0 Å². The van der Waals surface area contributed by atoms with Crippen LogP contribution in [-0.2, 0) is 17.6 Å². The van der Waals surface area contributed by atoms with Crippen molar-refractivity contribution in [3.8, 4) is 0 Å². The molecule has 0 aliphatic rings. The second kappa shape index (κ2) is 6.29. The summed E-state index contributed by atoms with van der Waals surface area (Å²) in [6.07, 6.45) is 2.54. The van der Waals surface area contributed by atoms with E-state index in [4.69, 9.17) is 10.5 Å². The molecule has 0 spiro atoms. The maximum atomic E-state index is 5.59. The molecule has 1 heterocycles. The third-order valence-corrected chi connectivity index (χ3v) is 1.89. The van der Waals surface area contributed by atoms with Crippen LogP contribution in [0.2, 0.25) is 0 Å². The molecule has 5 nitrogen and oxygen atoms in total. The van der Waals surface area contributed by atoms with Crippen LogP contribution in [-0.4, -0.2) is 28.2 Å². The van der Waals surface area contributed by atoms with Crippen LogP contribution in [0.25, 0.3) is 0 Å². The van der Waals surface area contributed by atoms with Crippen molar-refractivity contribution in [3.05, 3.63) is 11.6 Å². The van der Waals surface area contributed by atoms with Crippen LogP contribution in [0.15, 0.2) is 0 Å². The number of nitrogens with two attached hydrogens (primary N) is 1. The van der Waals surface area contributed by atoms with Crippen molar-refractivity contribution in [2.75, 3.05) is 18.9 Å². The Morgan fingerprint density at radius 1 is 1.07 bits per heavy atom. The second-order valence-electron chi connectivity index (χ2n) is 3.22. The van der Waals surface area contributed by atoms with Gasteiger partial charge in [-0.15, -0.1) is 0 Å². The highest BCUT2D eigenvalue weighted by molar-refractivity contribution is 5.16. The maximum Gasteiger partial charge on any atom is 0.223 e. The smallest absolute Gasteiger partial charge is 0.223 e. The quantitative estimate of drug-likeness (QED) is 0.709. The molecule has 0 unspecified atom stereocenters. The zero-order valence-electron chi connectivity index (χ0n) is 9.36. The van der Waals surface area contributed by atoms with Crippen LogP contribution in [0.1, 0.15) is 31.9 Å². The molecular formula is C10H18N4O. The first-order valence-corrected chi connectivity index (χ1v) is 5.33. The minimum Gasteiger partial charge on any atom is -0.381 e. The van der Waals surface area contributed by atoms with Crippen molar-refractivity contribution >= 4 is 5.95 Å². The lowest BCUT2D eigenvalue weighted by Crippen LogP contribution is -2.09. The zero-order chi connectivity index (χ0) is 11.1. The van der Waals surface area contributed by atoms with E-state index in [9.17, 15) is 0 Å². The molecule has 1 aromatic rings. The summed E-state index contributed by atoms with van der Waals surface area (Å²) in [6, 6.07) is 0. The summed E-state index contributed by atoms with van der Waals surface area (Å²) < 4.78 is 5.24. The first-order chi connectivity index (χ1) is 7.26. The Morgan fingerprint density at radius 3 is 2.33 bits per heavy atom. The summed E-state index contributed by atoms with van der Waals surface area (Å²) in [6.45, 7) is 5.39. The summed E-state index contributed by atoms with van der Waals surface area (Å²) in [7, 11) is 0. The predicted octanol–water partition coefficient (Wildman–Crippen LogP) is 0.985. The van der Waals surface area contributed by atoms with Gasteiger partial charge in [0.1, 0.15) is 11.6 Å². The normalized spacial score (nSPS) is 10.5. The number of aromatic nitrogens is 3. The number of nitrogens with zero attached hydrogens (tertiary/aromatic N) is 3. The SMILES string of the molecule is CCCc1nc(N)nc(CCOCC)n1. The second-order valence-corrected chi connectivity index (χ2v) is 3.22. The molecule has 0 aromatic carbocycles. The van der Waals surface area contributed by atoms with Crippen LogP contribution < -0.4 is 5.73 Å². The summed E-state index contributed by atoms with van der Waals surface area (Å²) in [4.78, 5) is 12.4. The summed E-state index contributed by atoms with van der Waals surface area (Å²) >= 11 is 0. The standard InChI is InChI=1S/C10H18N4O/c1-3-5-8-12-9(6-7-15-4-2)14-10(11)13-8/h3-7H2,1-2H3,(H2,11,12,13,14). The maximum absolute atomic E-state index is 5.59. The molecule has 0 amide bonds. The number of hydrogen-bond donors (Lipinski definition) is 1. The molecule has 0 saturated carbocycles. The Kier molecular flexibility index (Phi) is 4.97. The van der Waals surface area contributed by atoms with Crippen molar-refractivity contribution in [2.24, 2.45) is 0 Å². The van der Waals surface area contributed by atoms with Gasteiger partial charge in [-0.05, 0) is 13.3 Å². The molecule has 0 aliphatic heterocycles. The van der Waals surface area contributed by atoms with Crippen molar-refractivity contribution in [1.82, 2.24) is 15.0 Å². The van der Waals surface area contributed by atoms with Crippen molar-refractivity contribution in [1.29, 1.82) is 0 Å². The molecule has 0 saturated heterocycles. The average molecular weight is 210 g/mol. The van der Waals surface area contributed by atoms with E-state index in [0.29, 0.717) is 25.6 Å². The van der Waals surface area contributed by atoms with Gasteiger partial charge in [-0.2, -0.15) is 9.97 Å². The van der Waals surface area contributed by atoms with Gasteiger partial charge in [-0.25, -0.2) is 4.98 Å². The molecule has 0 fully saturated rings. The minimum atomic E-state index is 0.306. The summed E-state index contributed by atoms with van der Waals surface area (Å²) in [5.74, 6) is 1.80. The van der Waals surface area contributed by atoms with E-state index in [1.54, 1.807) is 0 Å². The van der Waals surface area contributed by atoms with Crippen molar-refractivity contribution in [2.45, 2.75) is 33.1 Å². The minimum absolute atomic E-state index is 0.306. The number of aryl methyl sites for hydroxylation is 1. The van der Waals surface area contributed by atoms with Crippen LogP contribution in [0.4, 0.5) is 5.95 Å². The highest BCUT2D eigenvalue weighted by Gasteiger charge is 2.03. The van der Waals surface area contributed by atoms with E-state index in [2.05, 4.69) is 21.9 Å². The molecule has 84 valence electrons. The molecular weight excluding hydrogens is 192 g/mol. The van der Waals surface area contributed by atoms with Gasteiger partial charge in [0, 0.05) is 19.4 Å². The number of ether oxygens (including phenoxy) is 1. The number of anilines is 1. The van der Waals surface area contributed by atoms with Gasteiger partial charge in [0.15, 0.2) is 0 Å². The Bertz CT molecular complexity index is 303. The van der Waals surface area contributed by atoms with E-state index in [1.807, 2.05) is 6.92 Å². The van der Waals surface area contributed by atoms with Gasteiger partial charge in [0.25, 0.3) is 0 Å². The van der Waals surface area contributed by atoms with Crippen LogP contribution in [0.3, 0.4) is 0 Å². The Hall–Kier alpha value is -1.23. The van der Waals surface area contributed by atoms with E-state index in [0.717, 1.165) is 24.5 Å². The molecule has 15 heavy (non-hydrogen) atoms. The topological polar surface area (TPSA) is 73.9 Å². The van der Waals surface area contributed by atoms with Gasteiger partial charge >= 0.3 is 0 Å². The monoisotopic (exact) mass is 210 g/mol. The van der Waals surface area contributed by atoms with Gasteiger partial charge in [-0.1, -0.05) is 6.92 Å². The van der Waals surface area contributed by atoms with Crippen molar-refractivity contribution in [3.63, 3.8) is 0 Å². The van der Waals surface area contributed by atoms with E-state index in [-0.39, 0.29) is 0 Å². The molecule has 1 aromatic heterocycles. The zero-order valence-corrected chi connectivity index (χ0v) is 9.36.